The largest absolute Gasteiger partial charge is 0.382 e. The quantitative estimate of drug-likeness (QED) is 0.817. The lowest BCUT2D eigenvalue weighted by Crippen LogP contribution is -2.20. The first-order valence-electron chi connectivity index (χ1n) is 6.89. The number of unbranched alkanes of at least 4 members (excludes halogenated alkanes) is 1. The van der Waals surface area contributed by atoms with Gasteiger partial charge >= 0.3 is 0 Å². The van der Waals surface area contributed by atoms with Gasteiger partial charge in [0.15, 0.2) is 0 Å². The molecule has 1 aliphatic carbocycles. The third-order valence-electron chi connectivity index (χ3n) is 3.62. The van der Waals surface area contributed by atoms with Gasteiger partial charge in [-0.3, -0.25) is 0 Å². The lowest BCUT2D eigenvalue weighted by molar-refractivity contribution is 0.688. The van der Waals surface area contributed by atoms with Crippen LogP contribution in [0.1, 0.15) is 44.6 Å². The van der Waals surface area contributed by atoms with Crippen molar-refractivity contribution in [3.8, 4) is 0 Å². The lowest BCUT2D eigenvalue weighted by atomic mass is 10.1. The second-order valence-corrected chi connectivity index (χ2v) is 5.21. The Kier molecular flexibility index (Phi) is 4.43. The van der Waals surface area contributed by atoms with E-state index in [4.69, 9.17) is 5.73 Å². The molecule has 1 saturated carbocycles. The SMILES string of the molecule is CCCCc1ccc(NC2CCC(N)C2)cc1. The van der Waals surface area contributed by atoms with Crippen LogP contribution >= 0.6 is 0 Å². The smallest absolute Gasteiger partial charge is 0.0342 e. The Bertz CT molecular complexity index is 331. The monoisotopic (exact) mass is 232 g/mol. The Morgan fingerprint density at radius 3 is 2.59 bits per heavy atom. The van der Waals surface area contributed by atoms with Crippen molar-refractivity contribution in [2.75, 3.05) is 5.32 Å². The second-order valence-electron chi connectivity index (χ2n) is 5.21. The maximum Gasteiger partial charge on any atom is 0.0342 e. The van der Waals surface area contributed by atoms with E-state index in [1.165, 1.54) is 36.9 Å². The van der Waals surface area contributed by atoms with Crippen LogP contribution in [0.3, 0.4) is 0 Å². The highest BCUT2D eigenvalue weighted by molar-refractivity contribution is 5.45. The van der Waals surface area contributed by atoms with Crippen molar-refractivity contribution in [3.63, 3.8) is 0 Å². The van der Waals surface area contributed by atoms with Crippen LogP contribution in [0.25, 0.3) is 0 Å². The summed E-state index contributed by atoms with van der Waals surface area (Å²) in [6.07, 6.45) is 7.22. The zero-order chi connectivity index (χ0) is 12.1. The van der Waals surface area contributed by atoms with Gasteiger partial charge in [-0.05, 0) is 49.8 Å². The number of nitrogens with one attached hydrogen (secondary N) is 1. The average molecular weight is 232 g/mol. The van der Waals surface area contributed by atoms with Crippen LogP contribution < -0.4 is 11.1 Å². The Balaban J connectivity index is 1.85. The molecule has 17 heavy (non-hydrogen) atoms. The van der Waals surface area contributed by atoms with Crippen molar-refractivity contribution in [2.24, 2.45) is 5.73 Å². The lowest BCUT2D eigenvalue weighted by Gasteiger charge is -2.14. The molecule has 0 amide bonds. The molecule has 94 valence electrons. The molecule has 0 bridgehead atoms. The highest BCUT2D eigenvalue weighted by atomic mass is 14.9. The summed E-state index contributed by atoms with van der Waals surface area (Å²) in [5.74, 6) is 0. The van der Waals surface area contributed by atoms with Gasteiger partial charge in [-0.25, -0.2) is 0 Å². The third-order valence-corrected chi connectivity index (χ3v) is 3.62. The minimum atomic E-state index is 0.399. The van der Waals surface area contributed by atoms with E-state index in [-0.39, 0.29) is 0 Å². The Morgan fingerprint density at radius 2 is 2.00 bits per heavy atom. The number of hydrogen-bond acceptors (Lipinski definition) is 2. The van der Waals surface area contributed by atoms with Gasteiger partial charge in [-0.1, -0.05) is 25.5 Å². The summed E-state index contributed by atoms with van der Waals surface area (Å²) < 4.78 is 0. The predicted octanol–water partition coefficient (Wildman–Crippen LogP) is 3.32. The van der Waals surface area contributed by atoms with Crippen LogP contribution in [0.4, 0.5) is 5.69 Å². The highest BCUT2D eigenvalue weighted by Crippen LogP contribution is 2.22. The molecule has 0 spiro atoms. The van der Waals surface area contributed by atoms with Crippen LogP contribution in [-0.2, 0) is 6.42 Å². The molecule has 2 atom stereocenters. The fourth-order valence-electron chi connectivity index (χ4n) is 2.53. The van der Waals surface area contributed by atoms with Crippen LogP contribution in [0.5, 0.6) is 0 Å². The predicted molar refractivity (Wildman–Crippen MR) is 74.3 cm³/mol. The minimum absolute atomic E-state index is 0.399. The summed E-state index contributed by atoms with van der Waals surface area (Å²) in [7, 11) is 0. The van der Waals surface area contributed by atoms with Gasteiger partial charge in [0.2, 0.25) is 0 Å². The molecular weight excluding hydrogens is 208 g/mol. The van der Waals surface area contributed by atoms with Gasteiger partial charge in [0.25, 0.3) is 0 Å². The molecule has 1 fully saturated rings. The summed E-state index contributed by atoms with van der Waals surface area (Å²) in [6.45, 7) is 2.24. The van der Waals surface area contributed by atoms with E-state index in [0.717, 1.165) is 12.8 Å². The van der Waals surface area contributed by atoms with Gasteiger partial charge in [0, 0.05) is 17.8 Å². The van der Waals surface area contributed by atoms with E-state index in [1.807, 2.05) is 0 Å². The summed E-state index contributed by atoms with van der Waals surface area (Å²) in [6, 6.07) is 9.87. The number of rotatable bonds is 5. The number of hydrogen-bond donors (Lipinski definition) is 2. The second kappa shape index (κ2) is 6.06. The standard InChI is InChI=1S/C15H24N2/c1-2-3-4-12-5-8-14(9-6-12)17-15-10-7-13(16)11-15/h5-6,8-9,13,15,17H,2-4,7,10-11,16H2,1H3. The minimum Gasteiger partial charge on any atom is -0.382 e. The molecule has 2 unspecified atom stereocenters. The number of aryl methyl sites for hydroxylation is 1. The van der Waals surface area contributed by atoms with Crippen molar-refractivity contribution in [3.05, 3.63) is 29.8 Å². The van der Waals surface area contributed by atoms with Crippen LogP contribution in [0.2, 0.25) is 0 Å². The van der Waals surface area contributed by atoms with E-state index in [1.54, 1.807) is 0 Å². The molecule has 0 heterocycles. The van der Waals surface area contributed by atoms with Crippen molar-refractivity contribution >= 4 is 5.69 Å². The molecule has 2 rings (SSSR count). The van der Waals surface area contributed by atoms with Crippen LogP contribution in [0.15, 0.2) is 24.3 Å². The molecule has 2 heteroatoms. The Morgan fingerprint density at radius 1 is 1.24 bits per heavy atom. The van der Waals surface area contributed by atoms with Gasteiger partial charge in [0.1, 0.15) is 0 Å². The highest BCUT2D eigenvalue weighted by Gasteiger charge is 2.21. The van der Waals surface area contributed by atoms with Crippen molar-refractivity contribution < 1.29 is 0 Å². The van der Waals surface area contributed by atoms with Crippen LogP contribution in [-0.4, -0.2) is 12.1 Å². The van der Waals surface area contributed by atoms with E-state index in [9.17, 15) is 0 Å². The number of benzene rings is 1. The molecule has 1 aliphatic rings. The maximum absolute atomic E-state index is 5.92. The molecule has 0 saturated heterocycles. The van der Waals surface area contributed by atoms with Gasteiger partial charge in [-0.2, -0.15) is 0 Å². The topological polar surface area (TPSA) is 38.0 Å². The Labute approximate surface area is 105 Å². The first-order chi connectivity index (χ1) is 8.28. The summed E-state index contributed by atoms with van der Waals surface area (Å²) in [5.41, 5.74) is 8.60. The van der Waals surface area contributed by atoms with Crippen LogP contribution in [0, 0.1) is 0 Å². The van der Waals surface area contributed by atoms with Crippen molar-refractivity contribution in [2.45, 2.75) is 57.5 Å². The molecule has 0 radical (unpaired) electrons. The maximum atomic E-state index is 5.92. The first-order valence-corrected chi connectivity index (χ1v) is 6.89. The van der Waals surface area contributed by atoms with E-state index >= 15 is 0 Å². The molecule has 1 aromatic carbocycles. The zero-order valence-electron chi connectivity index (χ0n) is 10.8. The molecule has 0 aliphatic heterocycles. The first kappa shape index (κ1) is 12.4. The summed E-state index contributed by atoms with van der Waals surface area (Å²) >= 11 is 0. The normalized spacial score (nSPS) is 23.9. The zero-order valence-corrected chi connectivity index (χ0v) is 10.8. The Hall–Kier alpha value is -1.02. The summed E-state index contributed by atoms with van der Waals surface area (Å²) in [4.78, 5) is 0. The molecule has 3 N–H and O–H groups in total. The van der Waals surface area contributed by atoms with E-state index < -0.39 is 0 Å². The third kappa shape index (κ3) is 3.74. The molecule has 0 aromatic heterocycles. The average Bonchev–Trinajstić information content (AvgIpc) is 2.74. The van der Waals surface area contributed by atoms with E-state index in [0.29, 0.717) is 12.1 Å². The molecule has 2 nitrogen and oxygen atoms in total. The summed E-state index contributed by atoms with van der Waals surface area (Å²) in [5, 5.41) is 3.57. The number of anilines is 1. The fourth-order valence-corrected chi connectivity index (χ4v) is 2.53. The molecule has 1 aromatic rings. The van der Waals surface area contributed by atoms with Crippen molar-refractivity contribution in [1.82, 2.24) is 0 Å². The van der Waals surface area contributed by atoms with Crippen molar-refractivity contribution in [1.29, 1.82) is 0 Å². The molecular formula is C15H24N2. The van der Waals surface area contributed by atoms with E-state index in [2.05, 4.69) is 36.5 Å². The van der Waals surface area contributed by atoms with Gasteiger partial charge in [-0.15, -0.1) is 0 Å². The van der Waals surface area contributed by atoms with Gasteiger partial charge < -0.3 is 11.1 Å². The number of nitrogens with two attached hydrogens (primary N) is 1. The van der Waals surface area contributed by atoms with Gasteiger partial charge in [0.05, 0.1) is 0 Å². The fraction of sp³-hybridized carbons (Fsp3) is 0.600.